The molecule has 3 N–H and O–H groups in total. The van der Waals surface area contributed by atoms with E-state index in [0.29, 0.717) is 18.5 Å². The van der Waals surface area contributed by atoms with Crippen molar-refractivity contribution in [3.05, 3.63) is 34.3 Å². The van der Waals surface area contributed by atoms with Gasteiger partial charge in [-0.2, -0.15) is 0 Å². The van der Waals surface area contributed by atoms with E-state index >= 15 is 0 Å². The summed E-state index contributed by atoms with van der Waals surface area (Å²) in [7, 11) is 1.68. The second kappa shape index (κ2) is 9.79. The summed E-state index contributed by atoms with van der Waals surface area (Å²) in [5, 5.41) is 3.13. The predicted molar refractivity (Wildman–Crippen MR) is 92.6 cm³/mol. The standard InChI is InChI=1S/C16H26BrN3O/c1-4-13(8-14-6-5-7-15(17)9-14)10-19-16(18)20-12(2)11-21-3/h5-7,9,12-13H,4,8,10-11H2,1-3H3,(H3,18,19,20). The molecule has 118 valence electrons. The molecule has 0 spiro atoms. The average molecular weight is 356 g/mol. The molecule has 2 atom stereocenters. The Labute approximate surface area is 136 Å². The first-order chi connectivity index (χ1) is 10.0. The fourth-order valence-electron chi connectivity index (χ4n) is 2.15. The lowest BCUT2D eigenvalue weighted by atomic mass is 9.97. The quantitative estimate of drug-likeness (QED) is 0.556. The van der Waals surface area contributed by atoms with E-state index in [1.807, 2.05) is 13.0 Å². The molecule has 0 saturated carbocycles. The third-order valence-electron chi connectivity index (χ3n) is 3.32. The van der Waals surface area contributed by atoms with Gasteiger partial charge in [-0.05, 0) is 37.0 Å². The Balaban J connectivity index is 2.50. The van der Waals surface area contributed by atoms with Gasteiger partial charge >= 0.3 is 0 Å². The molecule has 1 aromatic carbocycles. The minimum Gasteiger partial charge on any atom is -0.383 e. The minimum atomic E-state index is 0.170. The van der Waals surface area contributed by atoms with E-state index < -0.39 is 0 Å². The number of hydrogen-bond donors (Lipinski definition) is 2. The molecular weight excluding hydrogens is 330 g/mol. The first-order valence-corrected chi connectivity index (χ1v) is 8.14. The zero-order valence-corrected chi connectivity index (χ0v) is 14.7. The Morgan fingerprint density at radius 2 is 2.24 bits per heavy atom. The van der Waals surface area contributed by atoms with Crippen molar-refractivity contribution in [1.82, 2.24) is 5.32 Å². The van der Waals surface area contributed by atoms with Crippen molar-refractivity contribution in [2.75, 3.05) is 20.3 Å². The Kier molecular flexibility index (Phi) is 8.38. The van der Waals surface area contributed by atoms with Crippen LogP contribution in [0.15, 0.2) is 33.7 Å². The number of guanidine groups is 1. The molecule has 0 fully saturated rings. The third-order valence-corrected chi connectivity index (χ3v) is 3.81. The summed E-state index contributed by atoms with van der Waals surface area (Å²) < 4.78 is 6.18. The van der Waals surface area contributed by atoms with E-state index in [-0.39, 0.29) is 6.04 Å². The Hall–Kier alpha value is -1.07. The van der Waals surface area contributed by atoms with Gasteiger partial charge in [-0.25, -0.2) is 0 Å². The van der Waals surface area contributed by atoms with Crippen LogP contribution in [0.3, 0.4) is 0 Å². The van der Waals surface area contributed by atoms with E-state index in [9.17, 15) is 0 Å². The number of benzene rings is 1. The fourth-order valence-corrected chi connectivity index (χ4v) is 2.60. The van der Waals surface area contributed by atoms with Gasteiger partial charge in [0.15, 0.2) is 5.96 Å². The maximum Gasteiger partial charge on any atom is 0.188 e. The van der Waals surface area contributed by atoms with Crippen molar-refractivity contribution >= 4 is 21.9 Å². The second-order valence-electron chi connectivity index (χ2n) is 5.33. The van der Waals surface area contributed by atoms with Crippen molar-refractivity contribution in [1.29, 1.82) is 0 Å². The zero-order chi connectivity index (χ0) is 15.7. The van der Waals surface area contributed by atoms with Crippen LogP contribution < -0.4 is 11.1 Å². The molecular formula is C16H26BrN3O. The summed E-state index contributed by atoms with van der Waals surface area (Å²) in [4.78, 5) is 4.45. The minimum absolute atomic E-state index is 0.170. The number of halogens is 1. The maximum absolute atomic E-state index is 5.90. The van der Waals surface area contributed by atoms with Crippen LogP contribution in [-0.2, 0) is 11.2 Å². The lowest BCUT2D eigenvalue weighted by Crippen LogP contribution is -2.41. The molecule has 1 rings (SSSR count). The van der Waals surface area contributed by atoms with Gasteiger partial charge in [0.25, 0.3) is 0 Å². The number of aliphatic imine (C=N–C) groups is 1. The van der Waals surface area contributed by atoms with E-state index in [2.05, 4.69) is 51.4 Å². The largest absolute Gasteiger partial charge is 0.383 e. The van der Waals surface area contributed by atoms with E-state index in [1.54, 1.807) is 7.11 Å². The van der Waals surface area contributed by atoms with E-state index in [4.69, 9.17) is 10.5 Å². The Morgan fingerprint density at radius 3 is 2.86 bits per heavy atom. The monoisotopic (exact) mass is 355 g/mol. The van der Waals surface area contributed by atoms with Gasteiger partial charge in [0.1, 0.15) is 0 Å². The van der Waals surface area contributed by atoms with Gasteiger partial charge in [0.2, 0.25) is 0 Å². The van der Waals surface area contributed by atoms with Crippen LogP contribution in [0.5, 0.6) is 0 Å². The lowest BCUT2D eigenvalue weighted by Gasteiger charge is -2.16. The second-order valence-corrected chi connectivity index (χ2v) is 6.25. The van der Waals surface area contributed by atoms with Crippen LogP contribution in [0.25, 0.3) is 0 Å². The molecule has 0 amide bonds. The molecule has 0 bridgehead atoms. The topological polar surface area (TPSA) is 59.6 Å². The molecule has 5 heteroatoms. The van der Waals surface area contributed by atoms with Gasteiger partial charge in [-0.15, -0.1) is 0 Å². The first kappa shape index (κ1) is 18.0. The first-order valence-electron chi connectivity index (χ1n) is 7.35. The van der Waals surface area contributed by atoms with Gasteiger partial charge in [0, 0.05) is 24.2 Å². The number of nitrogens with one attached hydrogen (secondary N) is 1. The summed E-state index contributed by atoms with van der Waals surface area (Å²) in [6, 6.07) is 8.59. The number of hydrogen-bond acceptors (Lipinski definition) is 2. The van der Waals surface area contributed by atoms with Crippen molar-refractivity contribution < 1.29 is 4.74 Å². The molecule has 0 saturated heterocycles. The Bertz CT molecular complexity index is 451. The molecule has 21 heavy (non-hydrogen) atoms. The highest BCUT2D eigenvalue weighted by Gasteiger charge is 2.08. The number of nitrogens with two attached hydrogens (primary N) is 1. The van der Waals surface area contributed by atoms with Gasteiger partial charge < -0.3 is 15.8 Å². The van der Waals surface area contributed by atoms with Crippen molar-refractivity contribution in [3.8, 4) is 0 Å². The van der Waals surface area contributed by atoms with Crippen LogP contribution in [0.2, 0.25) is 0 Å². The summed E-state index contributed by atoms with van der Waals surface area (Å²) in [5.74, 6) is 0.990. The highest BCUT2D eigenvalue weighted by molar-refractivity contribution is 9.10. The van der Waals surface area contributed by atoms with Crippen molar-refractivity contribution in [3.63, 3.8) is 0 Å². The molecule has 0 aliphatic heterocycles. The summed E-state index contributed by atoms with van der Waals surface area (Å²) >= 11 is 3.51. The van der Waals surface area contributed by atoms with Crippen molar-refractivity contribution in [2.24, 2.45) is 16.6 Å². The highest BCUT2D eigenvalue weighted by Crippen LogP contribution is 2.17. The zero-order valence-electron chi connectivity index (χ0n) is 13.1. The molecule has 2 unspecified atom stereocenters. The summed E-state index contributed by atoms with van der Waals surface area (Å²) in [6.45, 7) is 5.56. The van der Waals surface area contributed by atoms with Gasteiger partial charge in [-0.3, -0.25) is 4.99 Å². The van der Waals surface area contributed by atoms with Gasteiger partial charge in [-0.1, -0.05) is 41.4 Å². The normalized spacial score (nSPS) is 14.8. The molecule has 0 aromatic heterocycles. The van der Waals surface area contributed by atoms with E-state index in [0.717, 1.165) is 23.9 Å². The molecule has 0 radical (unpaired) electrons. The van der Waals surface area contributed by atoms with E-state index in [1.165, 1.54) is 5.56 Å². The third kappa shape index (κ3) is 7.48. The average Bonchev–Trinajstić information content (AvgIpc) is 2.43. The summed E-state index contributed by atoms with van der Waals surface area (Å²) in [5.41, 5.74) is 7.23. The number of ether oxygens (including phenoxy) is 1. The number of nitrogens with zero attached hydrogens (tertiary/aromatic N) is 1. The highest BCUT2D eigenvalue weighted by atomic mass is 79.9. The molecule has 1 aromatic rings. The molecule has 0 heterocycles. The lowest BCUT2D eigenvalue weighted by molar-refractivity contribution is 0.179. The van der Waals surface area contributed by atoms with Crippen LogP contribution in [-0.4, -0.2) is 32.3 Å². The predicted octanol–water partition coefficient (Wildman–Crippen LogP) is 2.96. The summed E-state index contributed by atoms with van der Waals surface area (Å²) in [6.07, 6.45) is 2.09. The molecule has 0 aliphatic carbocycles. The van der Waals surface area contributed by atoms with Gasteiger partial charge in [0.05, 0.1) is 6.61 Å². The molecule has 0 aliphatic rings. The van der Waals surface area contributed by atoms with Crippen LogP contribution in [0, 0.1) is 5.92 Å². The fraction of sp³-hybridized carbons (Fsp3) is 0.562. The number of methoxy groups -OCH3 is 1. The van der Waals surface area contributed by atoms with Crippen LogP contribution >= 0.6 is 15.9 Å². The number of rotatable bonds is 8. The van der Waals surface area contributed by atoms with Crippen LogP contribution in [0.1, 0.15) is 25.8 Å². The van der Waals surface area contributed by atoms with Crippen LogP contribution in [0.4, 0.5) is 0 Å². The SMILES string of the molecule is CCC(CN=C(N)NC(C)COC)Cc1cccc(Br)c1. The molecule has 4 nitrogen and oxygen atoms in total. The smallest absolute Gasteiger partial charge is 0.188 e. The Morgan fingerprint density at radius 1 is 1.48 bits per heavy atom. The van der Waals surface area contributed by atoms with Crippen molar-refractivity contribution in [2.45, 2.75) is 32.7 Å². The maximum atomic E-state index is 5.90.